The van der Waals surface area contributed by atoms with Crippen molar-refractivity contribution in [3.63, 3.8) is 0 Å². The molecular formula is C20H21NO4. The lowest BCUT2D eigenvalue weighted by molar-refractivity contribution is -0.137. The van der Waals surface area contributed by atoms with E-state index >= 15 is 0 Å². The molecule has 1 heterocycles. The van der Waals surface area contributed by atoms with Crippen LogP contribution in [0.4, 0.5) is 0 Å². The second-order valence-electron chi connectivity index (χ2n) is 6.14. The maximum absolute atomic E-state index is 12.9. The fraction of sp³-hybridized carbons (Fsp3) is 0.300. The number of benzene rings is 2. The number of hydrogen-bond acceptors (Lipinski definition) is 3. The summed E-state index contributed by atoms with van der Waals surface area (Å²) in [6.45, 7) is 1.82. The van der Waals surface area contributed by atoms with Crippen LogP contribution in [0.2, 0.25) is 0 Å². The minimum absolute atomic E-state index is 0.0721. The van der Waals surface area contributed by atoms with E-state index in [0.717, 1.165) is 23.1 Å². The van der Waals surface area contributed by atoms with Gasteiger partial charge in [0.05, 0.1) is 19.6 Å². The van der Waals surface area contributed by atoms with Crippen LogP contribution in [0.15, 0.2) is 48.5 Å². The minimum Gasteiger partial charge on any atom is -0.481 e. The molecule has 3 rings (SSSR count). The summed E-state index contributed by atoms with van der Waals surface area (Å²) < 4.78 is 5.43. The molecule has 0 unspecified atom stereocenters. The summed E-state index contributed by atoms with van der Waals surface area (Å²) >= 11 is 0. The summed E-state index contributed by atoms with van der Waals surface area (Å²) in [6.07, 6.45) is 0.724. The third-order valence-electron chi connectivity index (χ3n) is 4.33. The largest absolute Gasteiger partial charge is 0.481 e. The van der Waals surface area contributed by atoms with Crippen molar-refractivity contribution in [3.05, 3.63) is 70.8 Å². The molecule has 0 saturated carbocycles. The Morgan fingerprint density at radius 3 is 2.64 bits per heavy atom. The predicted molar refractivity (Wildman–Crippen MR) is 93.2 cm³/mol. The first-order valence-electron chi connectivity index (χ1n) is 8.38. The first-order chi connectivity index (χ1) is 12.1. The Hall–Kier alpha value is -2.66. The van der Waals surface area contributed by atoms with Crippen LogP contribution >= 0.6 is 0 Å². The molecule has 0 aromatic heterocycles. The predicted octanol–water partition coefficient (Wildman–Crippen LogP) is 2.88. The van der Waals surface area contributed by atoms with E-state index in [9.17, 15) is 9.59 Å². The van der Waals surface area contributed by atoms with Crippen molar-refractivity contribution in [2.24, 2.45) is 0 Å². The molecule has 0 bridgehead atoms. The zero-order valence-corrected chi connectivity index (χ0v) is 14.0. The molecule has 2 aromatic carbocycles. The van der Waals surface area contributed by atoms with Crippen molar-refractivity contribution in [1.82, 2.24) is 4.90 Å². The van der Waals surface area contributed by atoms with Crippen molar-refractivity contribution in [2.45, 2.75) is 26.0 Å². The summed E-state index contributed by atoms with van der Waals surface area (Å²) in [7, 11) is 0. The molecule has 1 amide bonds. The van der Waals surface area contributed by atoms with E-state index in [1.807, 2.05) is 42.5 Å². The monoisotopic (exact) mass is 339 g/mol. The van der Waals surface area contributed by atoms with E-state index in [0.29, 0.717) is 25.3 Å². The normalized spacial score (nSPS) is 13.1. The highest BCUT2D eigenvalue weighted by Crippen LogP contribution is 2.20. The zero-order valence-electron chi connectivity index (χ0n) is 14.0. The summed E-state index contributed by atoms with van der Waals surface area (Å²) in [6, 6.07) is 15.3. The number of rotatable bonds is 6. The number of nitrogens with zero attached hydrogens (tertiary/aromatic N) is 1. The van der Waals surface area contributed by atoms with Gasteiger partial charge in [-0.2, -0.15) is 0 Å². The average Bonchev–Trinajstić information content (AvgIpc) is 2.65. The maximum atomic E-state index is 12.9. The van der Waals surface area contributed by atoms with Crippen LogP contribution in [0.5, 0.6) is 0 Å². The number of carbonyl (C=O) groups excluding carboxylic acids is 1. The number of hydrogen-bond donors (Lipinski definition) is 1. The number of amides is 1. The van der Waals surface area contributed by atoms with Gasteiger partial charge < -0.3 is 14.7 Å². The topological polar surface area (TPSA) is 66.8 Å². The Morgan fingerprint density at radius 2 is 1.88 bits per heavy atom. The molecule has 130 valence electrons. The number of carboxylic acid groups (broad SMARTS) is 1. The molecule has 25 heavy (non-hydrogen) atoms. The highest BCUT2D eigenvalue weighted by Gasteiger charge is 2.19. The van der Waals surface area contributed by atoms with Gasteiger partial charge in [0.15, 0.2) is 0 Å². The lowest BCUT2D eigenvalue weighted by Gasteiger charge is -2.24. The SMILES string of the molecule is O=C(O)CCN(Cc1ccccc1)C(=O)c1ccc2c(c1)CCOC2. The van der Waals surface area contributed by atoms with E-state index < -0.39 is 5.97 Å². The fourth-order valence-electron chi connectivity index (χ4n) is 2.97. The molecule has 5 heteroatoms. The van der Waals surface area contributed by atoms with Gasteiger partial charge in [-0.25, -0.2) is 0 Å². The molecule has 0 aliphatic carbocycles. The highest BCUT2D eigenvalue weighted by molar-refractivity contribution is 5.94. The van der Waals surface area contributed by atoms with Crippen LogP contribution in [0.1, 0.15) is 33.5 Å². The van der Waals surface area contributed by atoms with Gasteiger partial charge in [-0.3, -0.25) is 9.59 Å². The first-order valence-corrected chi connectivity index (χ1v) is 8.38. The van der Waals surface area contributed by atoms with Gasteiger partial charge in [-0.05, 0) is 35.2 Å². The van der Waals surface area contributed by atoms with Crippen LogP contribution in [0, 0.1) is 0 Å². The molecule has 5 nitrogen and oxygen atoms in total. The molecule has 0 atom stereocenters. The molecule has 0 fully saturated rings. The third-order valence-corrected chi connectivity index (χ3v) is 4.33. The smallest absolute Gasteiger partial charge is 0.305 e. The molecule has 1 aliphatic heterocycles. The first kappa shape index (κ1) is 17.2. The second kappa shape index (κ2) is 7.94. The van der Waals surface area contributed by atoms with Crippen molar-refractivity contribution < 1.29 is 19.4 Å². The van der Waals surface area contributed by atoms with E-state index in [2.05, 4.69) is 0 Å². The van der Waals surface area contributed by atoms with Gasteiger partial charge in [0.1, 0.15) is 0 Å². The molecular weight excluding hydrogens is 318 g/mol. The lowest BCUT2D eigenvalue weighted by atomic mass is 9.99. The second-order valence-corrected chi connectivity index (χ2v) is 6.14. The van der Waals surface area contributed by atoms with Gasteiger partial charge in [0.25, 0.3) is 5.91 Å². The van der Waals surface area contributed by atoms with E-state index in [-0.39, 0.29) is 18.9 Å². The molecule has 2 aromatic rings. The van der Waals surface area contributed by atoms with Gasteiger partial charge in [0.2, 0.25) is 0 Å². The zero-order chi connectivity index (χ0) is 17.6. The van der Waals surface area contributed by atoms with Gasteiger partial charge in [-0.1, -0.05) is 36.4 Å². The molecule has 0 spiro atoms. The Bertz CT molecular complexity index is 758. The molecule has 1 N–H and O–H groups in total. The van der Waals surface area contributed by atoms with Crippen LogP contribution in [0.3, 0.4) is 0 Å². The molecule has 1 aliphatic rings. The third kappa shape index (κ3) is 4.45. The standard InChI is InChI=1S/C20H21NO4/c22-19(23)8-10-21(13-15-4-2-1-3-5-15)20(24)17-6-7-18-14-25-11-9-16(18)12-17/h1-7,12H,8-11,13-14H2,(H,22,23). The van der Waals surface area contributed by atoms with Crippen molar-refractivity contribution in [1.29, 1.82) is 0 Å². The summed E-state index contributed by atoms with van der Waals surface area (Å²) in [5.41, 5.74) is 3.83. The fourth-order valence-corrected chi connectivity index (χ4v) is 2.97. The molecule has 0 radical (unpaired) electrons. The summed E-state index contributed by atoms with van der Waals surface area (Å²) in [4.78, 5) is 25.5. The number of carboxylic acids is 1. The Labute approximate surface area is 146 Å². The quantitative estimate of drug-likeness (QED) is 0.879. The number of fused-ring (bicyclic) bond motifs is 1. The molecule has 0 saturated heterocycles. The van der Waals surface area contributed by atoms with Crippen molar-refractivity contribution >= 4 is 11.9 Å². The van der Waals surface area contributed by atoms with Crippen molar-refractivity contribution in [2.75, 3.05) is 13.2 Å². The Morgan fingerprint density at radius 1 is 1.08 bits per heavy atom. The minimum atomic E-state index is -0.909. The van der Waals surface area contributed by atoms with E-state index in [1.54, 1.807) is 11.0 Å². The summed E-state index contributed by atoms with van der Waals surface area (Å²) in [5.74, 6) is -1.05. The maximum Gasteiger partial charge on any atom is 0.305 e. The Balaban J connectivity index is 1.81. The van der Waals surface area contributed by atoms with E-state index in [4.69, 9.17) is 9.84 Å². The van der Waals surface area contributed by atoms with Gasteiger partial charge in [0, 0.05) is 18.7 Å². The van der Waals surface area contributed by atoms with Gasteiger partial charge in [-0.15, -0.1) is 0 Å². The Kier molecular flexibility index (Phi) is 5.46. The van der Waals surface area contributed by atoms with Crippen LogP contribution in [0.25, 0.3) is 0 Å². The van der Waals surface area contributed by atoms with Gasteiger partial charge >= 0.3 is 5.97 Å². The van der Waals surface area contributed by atoms with Crippen molar-refractivity contribution in [3.8, 4) is 0 Å². The lowest BCUT2D eigenvalue weighted by Crippen LogP contribution is -2.32. The number of ether oxygens (including phenoxy) is 1. The number of carbonyl (C=O) groups is 2. The van der Waals surface area contributed by atoms with Crippen LogP contribution in [-0.4, -0.2) is 35.0 Å². The van der Waals surface area contributed by atoms with E-state index in [1.165, 1.54) is 0 Å². The van der Waals surface area contributed by atoms with Crippen LogP contribution < -0.4 is 0 Å². The van der Waals surface area contributed by atoms with Crippen LogP contribution in [-0.2, 0) is 29.1 Å². The summed E-state index contributed by atoms with van der Waals surface area (Å²) in [5, 5.41) is 8.99. The average molecular weight is 339 g/mol. The highest BCUT2D eigenvalue weighted by atomic mass is 16.5. The number of aliphatic carboxylic acids is 1.